The SMILES string of the molecule is CCCc1nc(=S)c(Br)c(C2CC2)[nH]1. The van der Waals surface area contributed by atoms with Crippen LogP contribution >= 0.6 is 28.1 Å². The van der Waals surface area contributed by atoms with Crippen molar-refractivity contribution in [2.24, 2.45) is 0 Å². The second-order valence-electron chi connectivity index (χ2n) is 3.74. The Balaban J connectivity index is 2.41. The Hall–Kier alpha value is -0.220. The molecule has 0 unspecified atom stereocenters. The maximum absolute atomic E-state index is 5.21. The predicted molar refractivity (Wildman–Crippen MR) is 63.1 cm³/mol. The molecule has 0 saturated heterocycles. The second-order valence-corrected chi connectivity index (χ2v) is 4.92. The highest BCUT2D eigenvalue weighted by molar-refractivity contribution is 9.10. The third kappa shape index (κ3) is 2.06. The lowest BCUT2D eigenvalue weighted by molar-refractivity contribution is 0.803. The molecule has 0 atom stereocenters. The van der Waals surface area contributed by atoms with Crippen LogP contribution in [0.5, 0.6) is 0 Å². The molecule has 1 aromatic heterocycles. The number of nitrogens with zero attached hydrogens (tertiary/aromatic N) is 1. The van der Waals surface area contributed by atoms with Crippen LogP contribution in [0.4, 0.5) is 0 Å². The maximum atomic E-state index is 5.21. The van der Waals surface area contributed by atoms with E-state index in [1.165, 1.54) is 18.5 Å². The Morgan fingerprint density at radius 2 is 2.29 bits per heavy atom. The highest BCUT2D eigenvalue weighted by atomic mass is 79.9. The molecule has 76 valence electrons. The third-order valence-corrected chi connectivity index (χ3v) is 3.77. The van der Waals surface area contributed by atoms with Crippen LogP contribution in [0, 0.1) is 4.64 Å². The second kappa shape index (κ2) is 4.11. The number of hydrogen-bond donors (Lipinski definition) is 1. The minimum Gasteiger partial charge on any atom is -0.346 e. The summed E-state index contributed by atoms with van der Waals surface area (Å²) in [6.45, 7) is 2.15. The van der Waals surface area contributed by atoms with E-state index < -0.39 is 0 Å². The van der Waals surface area contributed by atoms with E-state index in [4.69, 9.17) is 12.2 Å². The summed E-state index contributed by atoms with van der Waals surface area (Å²) in [6, 6.07) is 0. The van der Waals surface area contributed by atoms with Crippen LogP contribution in [-0.2, 0) is 6.42 Å². The molecule has 0 aliphatic heterocycles. The largest absolute Gasteiger partial charge is 0.346 e. The van der Waals surface area contributed by atoms with Gasteiger partial charge in [0.25, 0.3) is 0 Å². The predicted octanol–water partition coefficient (Wildman–Crippen LogP) is 3.73. The Labute approximate surface area is 97.3 Å². The van der Waals surface area contributed by atoms with E-state index >= 15 is 0 Å². The first-order valence-corrected chi connectivity index (χ1v) is 6.21. The summed E-state index contributed by atoms with van der Waals surface area (Å²) in [5.74, 6) is 1.72. The molecule has 1 N–H and O–H groups in total. The van der Waals surface area contributed by atoms with Gasteiger partial charge in [-0.3, -0.25) is 0 Å². The van der Waals surface area contributed by atoms with Crippen LogP contribution in [0.15, 0.2) is 4.47 Å². The first-order valence-electron chi connectivity index (χ1n) is 5.01. The van der Waals surface area contributed by atoms with Gasteiger partial charge >= 0.3 is 0 Å². The van der Waals surface area contributed by atoms with Gasteiger partial charge in [0.1, 0.15) is 10.5 Å². The smallest absolute Gasteiger partial charge is 0.144 e. The number of H-pyrrole nitrogens is 1. The van der Waals surface area contributed by atoms with Gasteiger partial charge < -0.3 is 4.98 Å². The molecule has 14 heavy (non-hydrogen) atoms. The van der Waals surface area contributed by atoms with Crippen molar-refractivity contribution in [2.75, 3.05) is 0 Å². The Morgan fingerprint density at radius 1 is 1.57 bits per heavy atom. The van der Waals surface area contributed by atoms with Crippen LogP contribution in [0.25, 0.3) is 0 Å². The van der Waals surface area contributed by atoms with E-state index in [1.807, 2.05) is 0 Å². The van der Waals surface area contributed by atoms with E-state index in [2.05, 4.69) is 32.8 Å². The van der Waals surface area contributed by atoms with Gasteiger partial charge in [-0.1, -0.05) is 19.1 Å². The van der Waals surface area contributed by atoms with Gasteiger partial charge in [-0.25, -0.2) is 4.98 Å². The van der Waals surface area contributed by atoms with Crippen LogP contribution < -0.4 is 0 Å². The van der Waals surface area contributed by atoms with Gasteiger partial charge in [-0.05, 0) is 35.2 Å². The number of nitrogens with one attached hydrogen (secondary N) is 1. The highest BCUT2D eigenvalue weighted by Gasteiger charge is 2.27. The van der Waals surface area contributed by atoms with Gasteiger partial charge in [0.2, 0.25) is 0 Å². The van der Waals surface area contributed by atoms with Crippen LogP contribution in [0.1, 0.15) is 43.6 Å². The number of hydrogen-bond acceptors (Lipinski definition) is 2. The first-order chi connectivity index (χ1) is 6.72. The number of aromatic amines is 1. The standard InChI is InChI=1S/C10H13BrN2S/c1-2-3-7-12-9(6-4-5-6)8(11)10(14)13-7/h6H,2-5H2,1H3,(H,12,13,14). The molecular formula is C10H13BrN2S. The molecule has 2 nitrogen and oxygen atoms in total. The zero-order chi connectivity index (χ0) is 10.1. The van der Waals surface area contributed by atoms with Gasteiger partial charge in [0.05, 0.1) is 4.47 Å². The summed E-state index contributed by atoms with van der Waals surface area (Å²) in [7, 11) is 0. The van der Waals surface area contributed by atoms with Crippen molar-refractivity contribution in [3.05, 3.63) is 20.6 Å². The molecule has 0 spiro atoms. The lowest BCUT2D eigenvalue weighted by Gasteiger charge is -2.06. The molecule has 4 heteroatoms. The van der Waals surface area contributed by atoms with E-state index in [0.717, 1.165) is 23.1 Å². The minimum absolute atomic E-state index is 0.685. The van der Waals surface area contributed by atoms with Gasteiger partial charge in [0.15, 0.2) is 0 Å². The highest BCUT2D eigenvalue weighted by Crippen LogP contribution is 2.42. The van der Waals surface area contributed by atoms with E-state index in [1.54, 1.807) is 0 Å². The van der Waals surface area contributed by atoms with E-state index in [0.29, 0.717) is 10.6 Å². The zero-order valence-electron chi connectivity index (χ0n) is 8.14. The van der Waals surface area contributed by atoms with Crippen molar-refractivity contribution < 1.29 is 0 Å². The molecule has 1 heterocycles. The van der Waals surface area contributed by atoms with Crippen LogP contribution in [-0.4, -0.2) is 9.97 Å². The fraction of sp³-hybridized carbons (Fsp3) is 0.600. The Kier molecular flexibility index (Phi) is 3.02. The van der Waals surface area contributed by atoms with Gasteiger partial charge in [0, 0.05) is 18.0 Å². The zero-order valence-corrected chi connectivity index (χ0v) is 10.5. The molecule has 1 aliphatic rings. The van der Waals surface area contributed by atoms with Gasteiger partial charge in [-0.15, -0.1) is 0 Å². The number of rotatable bonds is 3. The Bertz CT molecular complexity index is 396. The molecule has 0 amide bonds. The van der Waals surface area contributed by atoms with Crippen molar-refractivity contribution >= 4 is 28.1 Å². The summed E-state index contributed by atoms with van der Waals surface area (Å²) in [6.07, 6.45) is 4.64. The normalized spacial score (nSPS) is 15.9. The van der Waals surface area contributed by atoms with Crippen molar-refractivity contribution in [3.8, 4) is 0 Å². The van der Waals surface area contributed by atoms with Crippen molar-refractivity contribution in [2.45, 2.75) is 38.5 Å². The molecule has 1 fully saturated rings. The van der Waals surface area contributed by atoms with Crippen molar-refractivity contribution in [1.29, 1.82) is 0 Å². The summed E-state index contributed by atoms with van der Waals surface area (Å²) >= 11 is 8.72. The lowest BCUT2D eigenvalue weighted by atomic mass is 10.2. The molecule has 0 radical (unpaired) electrons. The molecule has 1 aromatic rings. The fourth-order valence-corrected chi connectivity index (χ4v) is 2.27. The lowest BCUT2D eigenvalue weighted by Crippen LogP contribution is -2.00. The molecule has 2 rings (SSSR count). The van der Waals surface area contributed by atoms with Gasteiger partial charge in [-0.2, -0.15) is 0 Å². The van der Waals surface area contributed by atoms with Crippen LogP contribution in [0.3, 0.4) is 0 Å². The summed E-state index contributed by atoms with van der Waals surface area (Å²) in [5, 5.41) is 0. The van der Waals surface area contributed by atoms with Crippen molar-refractivity contribution in [3.63, 3.8) is 0 Å². The summed E-state index contributed by atoms with van der Waals surface area (Å²) < 4.78 is 1.70. The molecule has 0 bridgehead atoms. The number of halogens is 1. The average molecular weight is 273 g/mol. The molecular weight excluding hydrogens is 260 g/mol. The quantitative estimate of drug-likeness (QED) is 0.850. The number of aryl methyl sites for hydroxylation is 1. The maximum Gasteiger partial charge on any atom is 0.144 e. The van der Waals surface area contributed by atoms with E-state index in [9.17, 15) is 0 Å². The molecule has 1 aliphatic carbocycles. The fourth-order valence-electron chi connectivity index (χ4n) is 1.53. The first kappa shape index (κ1) is 10.3. The van der Waals surface area contributed by atoms with Crippen LogP contribution in [0.2, 0.25) is 0 Å². The topological polar surface area (TPSA) is 28.7 Å². The Morgan fingerprint density at radius 3 is 2.86 bits per heavy atom. The van der Waals surface area contributed by atoms with E-state index in [-0.39, 0.29) is 0 Å². The minimum atomic E-state index is 0.685. The monoisotopic (exact) mass is 272 g/mol. The molecule has 1 saturated carbocycles. The molecule has 0 aromatic carbocycles. The summed E-state index contributed by atoms with van der Waals surface area (Å²) in [5.41, 5.74) is 1.26. The van der Waals surface area contributed by atoms with Crippen molar-refractivity contribution in [1.82, 2.24) is 9.97 Å². The number of aromatic nitrogens is 2. The average Bonchev–Trinajstić information content (AvgIpc) is 2.94. The summed E-state index contributed by atoms with van der Waals surface area (Å²) in [4.78, 5) is 7.74. The third-order valence-electron chi connectivity index (χ3n) is 2.41.